The maximum Gasteiger partial charge on any atom is 0.355 e. The fraction of sp³-hybridized carbons (Fsp3) is 0.143. The van der Waals surface area contributed by atoms with E-state index in [1.165, 1.54) is 13.0 Å². The summed E-state index contributed by atoms with van der Waals surface area (Å²) in [6, 6.07) is 24.7. The maximum absolute atomic E-state index is 12.9. The van der Waals surface area contributed by atoms with Gasteiger partial charge in [-0.15, -0.1) is 0 Å². The van der Waals surface area contributed by atoms with Crippen LogP contribution in [0.5, 0.6) is 0 Å². The average Bonchev–Trinajstić information content (AvgIpc) is 2.88. The molecule has 0 heterocycles. The predicted octanol–water partition coefficient (Wildman–Crippen LogP) is 3.84. The summed E-state index contributed by atoms with van der Waals surface area (Å²) in [6.45, 7) is 2.52. The van der Waals surface area contributed by atoms with Crippen LogP contribution in [0.2, 0.25) is 0 Å². The van der Waals surface area contributed by atoms with E-state index in [9.17, 15) is 19.2 Å². The van der Waals surface area contributed by atoms with Crippen molar-refractivity contribution in [2.45, 2.75) is 19.9 Å². The lowest BCUT2D eigenvalue weighted by molar-refractivity contribution is -0.144. The fourth-order valence-electron chi connectivity index (χ4n) is 3.34. The van der Waals surface area contributed by atoms with E-state index >= 15 is 0 Å². The summed E-state index contributed by atoms with van der Waals surface area (Å²) in [6.07, 6.45) is 1.45. The standard InChI is InChI=1S/C28H27N3O5/c1-19(22-13-7-4-8-14-22)29-27(34)23-15-9-10-16-24(23)31-26(33)18-36-28(35)25(30-20(2)32)17-21-11-5-3-6-12-21/h3-17,19H,18H2,1-2H3,(H,29,34)(H,30,32)(H,31,33)/b25-17-. The van der Waals surface area contributed by atoms with Crippen molar-refractivity contribution in [1.29, 1.82) is 0 Å². The van der Waals surface area contributed by atoms with Crippen LogP contribution in [0.15, 0.2) is 90.6 Å². The van der Waals surface area contributed by atoms with Crippen molar-refractivity contribution in [2.24, 2.45) is 0 Å². The van der Waals surface area contributed by atoms with Crippen LogP contribution in [-0.4, -0.2) is 30.3 Å². The molecule has 0 saturated heterocycles. The molecule has 0 saturated carbocycles. The first kappa shape index (κ1) is 25.9. The summed E-state index contributed by atoms with van der Waals surface area (Å²) in [7, 11) is 0. The van der Waals surface area contributed by atoms with Crippen molar-refractivity contribution in [1.82, 2.24) is 10.6 Å². The predicted molar refractivity (Wildman–Crippen MR) is 137 cm³/mol. The zero-order valence-corrected chi connectivity index (χ0v) is 20.0. The molecule has 184 valence electrons. The lowest BCUT2D eigenvalue weighted by Gasteiger charge is -2.16. The molecule has 1 unspecified atom stereocenters. The Hall–Kier alpha value is -4.72. The number of amides is 3. The number of hydrogen-bond acceptors (Lipinski definition) is 5. The third kappa shape index (κ3) is 7.66. The quantitative estimate of drug-likeness (QED) is 0.315. The van der Waals surface area contributed by atoms with E-state index in [2.05, 4.69) is 16.0 Å². The number of carbonyl (C=O) groups is 4. The van der Waals surface area contributed by atoms with E-state index in [0.29, 0.717) is 5.56 Å². The van der Waals surface area contributed by atoms with Gasteiger partial charge in [0.2, 0.25) is 5.91 Å². The van der Waals surface area contributed by atoms with Gasteiger partial charge in [0.25, 0.3) is 11.8 Å². The minimum Gasteiger partial charge on any atom is -0.451 e. The largest absolute Gasteiger partial charge is 0.451 e. The van der Waals surface area contributed by atoms with Crippen molar-refractivity contribution in [3.8, 4) is 0 Å². The number of benzene rings is 3. The molecule has 0 aliphatic carbocycles. The third-order valence-corrected chi connectivity index (χ3v) is 5.07. The van der Waals surface area contributed by atoms with Crippen LogP contribution in [0.1, 0.15) is 41.4 Å². The summed E-state index contributed by atoms with van der Waals surface area (Å²) < 4.78 is 5.10. The topological polar surface area (TPSA) is 114 Å². The molecule has 3 aromatic rings. The number of anilines is 1. The van der Waals surface area contributed by atoms with Gasteiger partial charge in [-0.05, 0) is 36.3 Å². The highest BCUT2D eigenvalue weighted by Crippen LogP contribution is 2.18. The molecule has 1 atom stereocenters. The van der Waals surface area contributed by atoms with Gasteiger partial charge in [-0.25, -0.2) is 4.79 Å². The normalized spacial score (nSPS) is 11.7. The molecule has 0 bridgehead atoms. The van der Waals surface area contributed by atoms with Crippen LogP contribution in [0, 0.1) is 0 Å². The fourth-order valence-corrected chi connectivity index (χ4v) is 3.34. The van der Waals surface area contributed by atoms with Crippen LogP contribution in [0.25, 0.3) is 6.08 Å². The molecule has 0 aromatic heterocycles. The van der Waals surface area contributed by atoms with Gasteiger partial charge in [-0.1, -0.05) is 72.8 Å². The molecule has 8 heteroatoms. The van der Waals surface area contributed by atoms with Gasteiger partial charge in [0.15, 0.2) is 6.61 Å². The molecule has 8 nitrogen and oxygen atoms in total. The smallest absolute Gasteiger partial charge is 0.355 e. The third-order valence-electron chi connectivity index (χ3n) is 5.07. The Kier molecular flexibility index (Phi) is 9.11. The zero-order chi connectivity index (χ0) is 25.9. The van der Waals surface area contributed by atoms with Crippen LogP contribution in [-0.2, 0) is 19.1 Å². The van der Waals surface area contributed by atoms with Gasteiger partial charge < -0.3 is 20.7 Å². The van der Waals surface area contributed by atoms with Gasteiger partial charge in [0.05, 0.1) is 17.3 Å². The van der Waals surface area contributed by atoms with Crippen molar-refractivity contribution >= 4 is 35.5 Å². The van der Waals surface area contributed by atoms with Crippen molar-refractivity contribution in [3.05, 3.63) is 107 Å². The molecule has 3 aromatic carbocycles. The number of nitrogens with one attached hydrogen (secondary N) is 3. The molecule has 3 N–H and O–H groups in total. The number of rotatable bonds is 9. The second-order valence-corrected chi connectivity index (χ2v) is 7.93. The van der Waals surface area contributed by atoms with Gasteiger partial charge in [-0.3, -0.25) is 14.4 Å². The molecular weight excluding hydrogens is 458 g/mol. The summed E-state index contributed by atoms with van der Waals surface area (Å²) >= 11 is 0. The number of ether oxygens (including phenoxy) is 1. The van der Waals surface area contributed by atoms with Crippen molar-refractivity contribution < 1.29 is 23.9 Å². The highest BCUT2D eigenvalue weighted by molar-refractivity contribution is 6.05. The van der Waals surface area contributed by atoms with Gasteiger partial charge in [0.1, 0.15) is 5.70 Å². The average molecular weight is 486 g/mol. The SMILES string of the molecule is CC(=O)N/C(=C\c1ccccc1)C(=O)OCC(=O)Nc1ccccc1C(=O)NC(C)c1ccccc1. The Morgan fingerprint density at radius 3 is 2.14 bits per heavy atom. The molecule has 0 radical (unpaired) electrons. The zero-order valence-electron chi connectivity index (χ0n) is 20.0. The van der Waals surface area contributed by atoms with Crippen LogP contribution < -0.4 is 16.0 Å². The maximum atomic E-state index is 12.9. The lowest BCUT2D eigenvalue weighted by atomic mass is 10.1. The number of carbonyl (C=O) groups excluding carboxylic acids is 4. The van der Waals surface area contributed by atoms with Crippen molar-refractivity contribution in [3.63, 3.8) is 0 Å². The van der Waals surface area contributed by atoms with Crippen LogP contribution in [0.3, 0.4) is 0 Å². The molecule has 0 spiro atoms. The van der Waals surface area contributed by atoms with E-state index < -0.39 is 24.4 Å². The van der Waals surface area contributed by atoms with E-state index in [1.807, 2.05) is 43.3 Å². The molecule has 0 aliphatic rings. The molecule has 0 fully saturated rings. The Balaban J connectivity index is 1.63. The van der Waals surface area contributed by atoms with Crippen molar-refractivity contribution in [2.75, 3.05) is 11.9 Å². The first-order valence-electron chi connectivity index (χ1n) is 11.3. The second-order valence-electron chi connectivity index (χ2n) is 7.93. The van der Waals surface area contributed by atoms with Crippen LogP contribution >= 0.6 is 0 Å². The number of esters is 1. The van der Waals surface area contributed by atoms with Gasteiger partial charge in [0, 0.05) is 6.92 Å². The van der Waals surface area contributed by atoms with E-state index in [-0.39, 0.29) is 28.9 Å². The minimum atomic E-state index is -0.869. The Morgan fingerprint density at radius 1 is 0.861 bits per heavy atom. The van der Waals surface area contributed by atoms with Gasteiger partial charge >= 0.3 is 5.97 Å². The molecule has 36 heavy (non-hydrogen) atoms. The molecule has 3 amide bonds. The highest BCUT2D eigenvalue weighted by atomic mass is 16.5. The first-order valence-corrected chi connectivity index (χ1v) is 11.3. The van der Waals surface area contributed by atoms with Crippen LogP contribution in [0.4, 0.5) is 5.69 Å². The summed E-state index contributed by atoms with van der Waals surface area (Å²) in [4.78, 5) is 49.4. The Bertz CT molecular complexity index is 1260. The second kappa shape index (κ2) is 12.7. The monoisotopic (exact) mass is 485 g/mol. The van der Waals surface area contributed by atoms with E-state index in [0.717, 1.165) is 5.56 Å². The first-order chi connectivity index (χ1) is 17.3. The highest BCUT2D eigenvalue weighted by Gasteiger charge is 2.18. The number of hydrogen-bond donors (Lipinski definition) is 3. The van der Waals surface area contributed by atoms with E-state index in [1.54, 1.807) is 48.5 Å². The summed E-state index contributed by atoms with van der Waals surface area (Å²) in [5, 5.41) is 7.94. The molecule has 3 rings (SSSR count). The van der Waals surface area contributed by atoms with Gasteiger partial charge in [-0.2, -0.15) is 0 Å². The Labute approximate surface area is 209 Å². The van der Waals surface area contributed by atoms with E-state index in [4.69, 9.17) is 4.74 Å². The summed E-state index contributed by atoms with van der Waals surface area (Å²) in [5.74, 6) is -2.32. The number of para-hydroxylation sites is 1. The Morgan fingerprint density at radius 2 is 1.47 bits per heavy atom. The molecular formula is C28H27N3O5. The minimum absolute atomic E-state index is 0.101. The molecule has 0 aliphatic heterocycles. The lowest BCUT2D eigenvalue weighted by Crippen LogP contribution is -2.30. The summed E-state index contributed by atoms with van der Waals surface area (Å²) in [5.41, 5.74) is 2.06.